The molecule has 20 heavy (non-hydrogen) atoms. The van der Waals surface area contributed by atoms with Crippen LogP contribution >= 0.6 is 0 Å². The number of benzene rings is 1. The summed E-state index contributed by atoms with van der Waals surface area (Å²) in [6, 6.07) is 8.88. The van der Waals surface area contributed by atoms with Crippen LogP contribution in [0.25, 0.3) is 11.0 Å². The van der Waals surface area contributed by atoms with Crippen molar-refractivity contribution in [1.82, 2.24) is 0 Å². The van der Waals surface area contributed by atoms with Crippen molar-refractivity contribution < 1.29 is 13.9 Å². The molecule has 0 aliphatic carbocycles. The molecule has 0 unspecified atom stereocenters. The van der Waals surface area contributed by atoms with Gasteiger partial charge in [0, 0.05) is 17.0 Å². The first-order chi connectivity index (χ1) is 9.58. The van der Waals surface area contributed by atoms with Crippen molar-refractivity contribution in [2.75, 3.05) is 6.61 Å². The highest BCUT2D eigenvalue weighted by Gasteiger charge is 2.06. The molecule has 0 aliphatic rings. The van der Waals surface area contributed by atoms with Gasteiger partial charge in [-0.3, -0.25) is 0 Å². The Bertz CT molecular complexity index is 697. The van der Waals surface area contributed by atoms with Crippen molar-refractivity contribution in [3.63, 3.8) is 0 Å². The Morgan fingerprint density at radius 1 is 1.35 bits per heavy atom. The number of hydrogen-bond donors (Lipinski definition) is 0. The Morgan fingerprint density at radius 3 is 2.85 bits per heavy atom. The Hall–Kier alpha value is -2.36. The van der Waals surface area contributed by atoms with Crippen LogP contribution < -0.4 is 5.63 Å². The van der Waals surface area contributed by atoms with Gasteiger partial charge in [-0.2, -0.15) is 0 Å². The molecule has 0 N–H and O–H groups in total. The van der Waals surface area contributed by atoms with Gasteiger partial charge in [-0.05, 0) is 31.4 Å². The Balaban J connectivity index is 2.05. The zero-order valence-corrected chi connectivity index (χ0v) is 11.3. The number of aryl methyl sites for hydroxylation is 1. The van der Waals surface area contributed by atoms with E-state index in [-0.39, 0.29) is 11.6 Å². The molecule has 4 nitrogen and oxygen atoms in total. The van der Waals surface area contributed by atoms with Gasteiger partial charge in [0.05, 0.1) is 6.61 Å². The maximum absolute atomic E-state index is 11.5. The fourth-order valence-corrected chi connectivity index (χ4v) is 1.94. The molecule has 0 amide bonds. The lowest BCUT2D eigenvalue weighted by molar-refractivity contribution is -0.139. The highest BCUT2D eigenvalue weighted by Crippen LogP contribution is 2.17. The molecule has 1 aromatic carbocycles. The average molecular weight is 272 g/mol. The number of fused-ring (bicyclic) bond motifs is 1. The summed E-state index contributed by atoms with van der Waals surface area (Å²) in [6.45, 7) is 5.43. The summed E-state index contributed by atoms with van der Waals surface area (Å²) in [5.41, 5.74) is 1.51. The predicted octanol–water partition coefficient (Wildman–Crippen LogP) is 2.84. The Labute approximate surface area is 116 Å². The van der Waals surface area contributed by atoms with Gasteiger partial charge < -0.3 is 9.15 Å². The summed E-state index contributed by atoms with van der Waals surface area (Å²) < 4.78 is 10.2. The van der Waals surface area contributed by atoms with E-state index in [2.05, 4.69) is 6.58 Å². The number of hydrogen-bond acceptors (Lipinski definition) is 4. The molecular weight excluding hydrogens is 256 g/mol. The lowest BCUT2D eigenvalue weighted by atomic mass is 10.1. The molecule has 1 aromatic heterocycles. The van der Waals surface area contributed by atoms with E-state index in [0.717, 1.165) is 10.9 Å². The largest absolute Gasteiger partial charge is 0.462 e. The zero-order chi connectivity index (χ0) is 14.5. The molecule has 0 aliphatic heterocycles. The molecule has 4 heteroatoms. The van der Waals surface area contributed by atoms with Crippen LogP contribution in [0.5, 0.6) is 0 Å². The van der Waals surface area contributed by atoms with Crippen molar-refractivity contribution in [2.24, 2.45) is 0 Å². The minimum atomic E-state index is -0.387. The smallest absolute Gasteiger partial charge is 0.336 e. The number of ether oxygens (including phenoxy) is 1. The summed E-state index contributed by atoms with van der Waals surface area (Å²) in [5.74, 6) is -0.387. The van der Waals surface area contributed by atoms with E-state index in [1.165, 1.54) is 6.07 Å². The SMILES string of the molecule is C=C(C)C(=O)OCCCc1cc(=O)oc2ccccc12. The van der Waals surface area contributed by atoms with E-state index in [1.807, 2.05) is 18.2 Å². The van der Waals surface area contributed by atoms with Crippen molar-refractivity contribution in [2.45, 2.75) is 19.8 Å². The number of esters is 1. The summed E-state index contributed by atoms with van der Waals surface area (Å²) in [6.07, 6.45) is 1.29. The maximum atomic E-state index is 11.5. The van der Waals surface area contributed by atoms with Gasteiger partial charge in [-0.15, -0.1) is 0 Å². The number of carbonyl (C=O) groups is 1. The highest BCUT2D eigenvalue weighted by molar-refractivity contribution is 5.86. The Morgan fingerprint density at radius 2 is 2.10 bits per heavy atom. The van der Waals surface area contributed by atoms with E-state index in [0.29, 0.717) is 30.6 Å². The molecule has 0 atom stereocenters. The van der Waals surface area contributed by atoms with Crippen LogP contribution in [0.4, 0.5) is 0 Å². The summed E-state index contributed by atoms with van der Waals surface area (Å²) in [5, 5.41) is 0.915. The monoisotopic (exact) mass is 272 g/mol. The van der Waals surface area contributed by atoms with Crippen LogP contribution in [0, 0.1) is 0 Å². The third kappa shape index (κ3) is 3.35. The average Bonchev–Trinajstić information content (AvgIpc) is 2.42. The maximum Gasteiger partial charge on any atom is 0.336 e. The van der Waals surface area contributed by atoms with E-state index < -0.39 is 0 Å². The van der Waals surface area contributed by atoms with Gasteiger partial charge >= 0.3 is 11.6 Å². The van der Waals surface area contributed by atoms with Gasteiger partial charge in [-0.25, -0.2) is 9.59 Å². The first-order valence-corrected chi connectivity index (χ1v) is 6.42. The standard InChI is InChI=1S/C16H16O4/c1-11(2)16(18)19-9-5-6-12-10-15(17)20-14-8-4-3-7-13(12)14/h3-4,7-8,10H,1,5-6,9H2,2H3. The number of para-hydroxylation sites is 1. The lowest BCUT2D eigenvalue weighted by Crippen LogP contribution is -2.07. The molecule has 2 rings (SSSR count). The Kier molecular flexibility index (Phi) is 4.35. The molecule has 104 valence electrons. The molecule has 0 radical (unpaired) electrons. The van der Waals surface area contributed by atoms with Gasteiger partial charge in [0.1, 0.15) is 5.58 Å². The second kappa shape index (κ2) is 6.19. The van der Waals surface area contributed by atoms with Crippen molar-refractivity contribution in [1.29, 1.82) is 0 Å². The molecule has 0 bridgehead atoms. The van der Waals surface area contributed by atoms with E-state index in [4.69, 9.17) is 9.15 Å². The second-order valence-electron chi connectivity index (χ2n) is 4.61. The van der Waals surface area contributed by atoms with Gasteiger partial charge in [0.2, 0.25) is 0 Å². The topological polar surface area (TPSA) is 56.5 Å². The van der Waals surface area contributed by atoms with Crippen LogP contribution in [-0.2, 0) is 16.0 Å². The molecule has 1 heterocycles. The van der Waals surface area contributed by atoms with Gasteiger partial charge in [-0.1, -0.05) is 24.8 Å². The van der Waals surface area contributed by atoms with E-state index in [1.54, 1.807) is 13.0 Å². The summed E-state index contributed by atoms with van der Waals surface area (Å²) in [4.78, 5) is 22.7. The van der Waals surface area contributed by atoms with Crippen molar-refractivity contribution >= 4 is 16.9 Å². The van der Waals surface area contributed by atoms with Crippen molar-refractivity contribution in [3.05, 3.63) is 58.5 Å². The van der Waals surface area contributed by atoms with E-state index >= 15 is 0 Å². The predicted molar refractivity (Wildman–Crippen MR) is 76.6 cm³/mol. The summed E-state index contributed by atoms with van der Waals surface area (Å²) in [7, 11) is 0. The first kappa shape index (κ1) is 14.1. The number of rotatable bonds is 5. The van der Waals surface area contributed by atoms with E-state index in [9.17, 15) is 9.59 Å². The quantitative estimate of drug-likeness (QED) is 0.363. The van der Waals surface area contributed by atoms with Crippen LogP contribution in [0.1, 0.15) is 18.9 Å². The van der Waals surface area contributed by atoms with Crippen molar-refractivity contribution in [3.8, 4) is 0 Å². The third-order valence-electron chi connectivity index (χ3n) is 2.91. The first-order valence-electron chi connectivity index (χ1n) is 6.42. The molecular formula is C16H16O4. The fourth-order valence-electron chi connectivity index (χ4n) is 1.94. The number of carbonyl (C=O) groups excluding carboxylic acids is 1. The van der Waals surface area contributed by atoms with Crippen LogP contribution in [-0.4, -0.2) is 12.6 Å². The lowest BCUT2D eigenvalue weighted by Gasteiger charge is -2.06. The molecule has 0 saturated carbocycles. The second-order valence-corrected chi connectivity index (χ2v) is 4.61. The molecule has 2 aromatic rings. The molecule has 0 spiro atoms. The van der Waals surface area contributed by atoms with Crippen LogP contribution in [0.15, 0.2) is 51.7 Å². The third-order valence-corrected chi connectivity index (χ3v) is 2.91. The molecule has 0 fully saturated rings. The summed E-state index contributed by atoms with van der Waals surface area (Å²) >= 11 is 0. The minimum Gasteiger partial charge on any atom is -0.462 e. The zero-order valence-electron chi connectivity index (χ0n) is 11.3. The van der Waals surface area contributed by atoms with Crippen LogP contribution in [0.3, 0.4) is 0 Å². The molecule has 0 saturated heterocycles. The highest BCUT2D eigenvalue weighted by atomic mass is 16.5. The minimum absolute atomic E-state index is 0.306. The van der Waals surface area contributed by atoms with Crippen LogP contribution in [0.2, 0.25) is 0 Å². The van der Waals surface area contributed by atoms with Gasteiger partial charge in [0.25, 0.3) is 0 Å². The fraction of sp³-hybridized carbons (Fsp3) is 0.250. The normalized spacial score (nSPS) is 10.4. The van der Waals surface area contributed by atoms with Gasteiger partial charge in [0.15, 0.2) is 0 Å².